The maximum absolute atomic E-state index is 12.0. The Hall–Kier alpha value is -1.59. The number of carbonyl (C=O) groups is 2. The van der Waals surface area contributed by atoms with E-state index in [9.17, 15) is 9.59 Å². The van der Waals surface area contributed by atoms with Gasteiger partial charge >= 0.3 is 0 Å². The van der Waals surface area contributed by atoms with E-state index in [1.165, 1.54) is 0 Å². The summed E-state index contributed by atoms with van der Waals surface area (Å²) in [7, 11) is 0. The summed E-state index contributed by atoms with van der Waals surface area (Å²) in [4.78, 5) is 23.5. The molecule has 0 aliphatic rings. The topological polar surface area (TPSA) is 84.2 Å². The van der Waals surface area contributed by atoms with E-state index in [-0.39, 0.29) is 30.3 Å². The van der Waals surface area contributed by atoms with E-state index < -0.39 is 6.04 Å². The molecule has 1 atom stereocenters. The molecule has 4 N–H and O–H groups in total. The third kappa shape index (κ3) is 5.19. The van der Waals surface area contributed by atoms with Crippen molar-refractivity contribution in [3.8, 4) is 0 Å². The van der Waals surface area contributed by atoms with Crippen molar-refractivity contribution in [3.63, 3.8) is 0 Å². The number of nitrogens with two attached hydrogens (primary N) is 1. The summed E-state index contributed by atoms with van der Waals surface area (Å²) in [5.41, 5.74) is 7.47. The molecule has 0 aromatic heterocycles. The van der Waals surface area contributed by atoms with E-state index in [1.807, 2.05) is 20.8 Å². The lowest BCUT2D eigenvalue weighted by atomic mass is 10.1. The molecule has 0 saturated heterocycles. The van der Waals surface area contributed by atoms with Crippen LogP contribution in [0.3, 0.4) is 0 Å². The lowest BCUT2D eigenvalue weighted by Crippen LogP contribution is -2.33. The van der Waals surface area contributed by atoms with Gasteiger partial charge in [-0.2, -0.15) is 0 Å². The number of anilines is 1. The molecule has 0 radical (unpaired) electrons. The molecule has 0 unspecified atom stereocenters. The van der Waals surface area contributed by atoms with Crippen LogP contribution >= 0.6 is 12.4 Å². The summed E-state index contributed by atoms with van der Waals surface area (Å²) >= 11 is 0. The Balaban J connectivity index is 0.00000361. The number of hydrogen-bond acceptors (Lipinski definition) is 3. The summed E-state index contributed by atoms with van der Waals surface area (Å²) in [6, 6.07) is 4.68. The Bertz CT molecular complexity index is 487. The average Bonchev–Trinajstić information content (AvgIpc) is 2.30. The molecule has 5 nitrogen and oxygen atoms in total. The number of rotatable bonds is 4. The first-order chi connectivity index (χ1) is 8.81. The number of nitrogens with one attached hydrogen (secondary N) is 2. The molecular weight excluding hydrogens is 278 g/mol. The van der Waals surface area contributed by atoms with E-state index in [0.29, 0.717) is 11.3 Å². The van der Waals surface area contributed by atoms with Gasteiger partial charge in [0.25, 0.3) is 5.91 Å². The van der Waals surface area contributed by atoms with Crippen LogP contribution < -0.4 is 16.4 Å². The van der Waals surface area contributed by atoms with E-state index in [4.69, 9.17) is 5.73 Å². The second kappa shape index (κ2) is 7.87. The summed E-state index contributed by atoms with van der Waals surface area (Å²) in [6.45, 7) is 7.26. The smallest absolute Gasteiger partial charge is 0.251 e. The highest BCUT2D eigenvalue weighted by Gasteiger charge is 2.13. The van der Waals surface area contributed by atoms with E-state index in [1.54, 1.807) is 25.1 Å². The Kier molecular flexibility index (Phi) is 7.24. The van der Waals surface area contributed by atoms with Crippen molar-refractivity contribution in [1.82, 2.24) is 5.32 Å². The van der Waals surface area contributed by atoms with Crippen molar-refractivity contribution in [3.05, 3.63) is 29.3 Å². The molecule has 112 valence electrons. The maximum atomic E-state index is 12.0. The highest BCUT2D eigenvalue weighted by Crippen LogP contribution is 2.15. The van der Waals surface area contributed by atoms with Crippen LogP contribution in [0.15, 0.2) is 18.2 Å². The summed E-state index contributed by atoms with van der Waals surface area (Å²) in [6.07, 6.45) is 0. The predicted octanol–water partition coefficient (Wildman–Crippen LogP) is 1.84. The first kappa shape index (κ1) is 18.4. The van der Waals surface area contributed by atoms with Crippen molar-refractivity contribution in [2.45, 2.75) is 39.8 Å². The van der Waals surface area contributed by atoms with Crippen molar-refractivity contribution in [1.29, 1.82) is 0 Å². The molecule has 0 saturated carbocycles. The molecule has 0 aliphatic carbocycles. The second-order valence-corrected chi connectivity index (χ2v) is 4.94. The van der Waals surface area contributed by atoms with E-state index in [2.05, 4.69) is 10.6 Å². The SMILES string of the molecule is Cc1ccc(NC(=O)[C@H](C)N)cc1C(=O)NC(C)C.Cl. The monoisotopic (exact) mass is 299 g/mol. The standard InChI is InChI=1S/C14H21N3O2.ClH/c1-8(2)16-14(19)12-7-11(6-5-9(12)3)17-13(18)10(4)15;/h5-8,10H,15H2,1-4H3,(H,16,19)(H,17,18);1H/t10-;/m0./s1. The zero-order valence-corrected chi connectivity index (χ0v) is 13.0. The third-order valence-electron chi connectivity index (χ3n) is 2.58. The Morgan fingerprint density at radius 3 is 2.30 bits per heavy atom. The molecule has 0 fully saturated rings. The summed E-state index contributed by atoms with van der Waals surface area (Å²) in [5, 5.41) is 5.50. The maximum Gasteiger partial charge on any atom is 0.251 e. The molecule has 1 aromatic carbocycles. The molecule has 1 aromatic rings. The molecule has 20 heavy (non-hydrogen) atoms. The fourth-order valence-electron chi connectivity index (χ4n) is 1.54. The van der Waals surface area contributed by atoms with Gasteiger partial charge in [0.15, 0.2) is 0 Å². The largest absolute Gasteiger partial charge is 0.350 e. The first-order valence-electron chi connectivity index (χ1n) is 6.29. The van der Waals surface area contributed by atoms with Crippen LogP contribution in [0.1, 0.15) is 36.7 Å². The number of benzene rings is 1. The van der Waals surface area contributed by atoms with Crippen LogP contribution in [0.2, 0.25) is 0 Å². The minimum Gasteiger partial charge on any atom is -0.350 e. The minimum atomic E-state index is -0.589. The van der Waals surface area contributed by atoms with Crippen molar-refractivity contribution in [2.75, 3.05) is 5.32 Å². The van der Waals surface area contributed by atoms with Crippen LogP contribution in [0.5, 0.6) is 0 Å². The molecule has 1 rings (SSSR count). The molecule has 6 heteroatoms. The highest BCUT2D eigenvalue weighted by molar-refractivity contribution is 5.99. The van der Waals surface area contributed by atoms with Gasteiger partial charge in [-0.25, -0.2) is 0 Å². The van der Waals surface area contributed by atoms with Crippen molar-refractivity contribution < 1.29 is 9.59 Å². The van der Waals surface area contributed by atoms with Gasteiger partial charge in [0, 0.05) is 17.3 Å². The van der Waals surface area contributed by atoms with Crippen LogP contribution in [0.25, 0.3) is 0 Å². The Labute approximate surface area is 125 Å². The van der Waals surface area contributed by atoms with E-state index >= 15 is 0 Å². The Morgan fingerprint density at radius 1 is 1.20 bits per heavy atom. The van der Waals surface area contributed by atoms with Gasteiger partial charge in [-0.3, -0.25) is 9.59 Å². The number of aryl methyl sites for hydroxylation is 1. The predicted molar refractivity (Wildman–Crippen MR) is 83.3 cm³/mol. The number of halogens is 1. The van der Waals surface area contributed by atoms with Gasteiger partial charge in [0.1, 0.15) is 0 Å². The summed E-state index contributed by atoms with van der Waals surface area (Å²) in [5.74, 6) is -0.427. The summed E-state index contributed by atoms with van der Waals surface area (Å²) < 4.78 is 0. The molecule has 0 aliphatic heterocycles. The van der Waals surface area contributed by atoms with Crippen LogP contribution in [-0.2, 0) is 4.79 Å². The zero-order chi connectivity index (χ0) is 14.6. The van der Waals surface area contributed by atoms with Gasteiger partial charge in [-0.15, -0.1) is 12.4 Å². The quantitative estimate of drug-likeness (QED) is 0.793. The van der Waals surface area contributed by atoms with Gasteiger partial charge in [0.2, 0.25) is 5.91 Å². The van der Waals surface area contributed by atoms with Crippen molar-refractivity contribution in [2.24, 2.45) is 5.73 Å². The Morgan fingerprint density at radius 2 is 1.80 bits per heavy atom. The lowest BCUT2D eigenvalue weighted by molar-refractivity contribution is -0.117. The van der Waals surface area contributed by atoms with Crippen molar-refractivity contribution >= 4 is 29.9 Å². The minimum absolute atomic E-state index is 0. The molecular formula is C14H22ClN3O2. The molecule has 0 heterocycles. The van der Waals surface area contributed by atoms with Gasteiger partial charge in [-0.05, 0) is 45.4 Å². The lowest BCUT2D eigenvalue weighted by Gasteiger charge is -2.13. The fraction of sp³-hybridized carbons (Fsp3) is 0.429. The van der Waals surface area contributed by atoms with Crippen LogP contribution in [0, 0.1) is 6.92 Å². The molecule has 0 spiro atoms. The zero-order valence-electron chi connectivity index (χ0n) is 12.2. The fourth-order valence-corrected chi connectivity index (χ4v) is 1.54. The highest BCUT2D eigenvalue weighted by atomic mass is 35.5. The number of amides is 2. The number of hydrogen-bond donors (Lipinski definition) is 3. The van der Waals surface area contributed by atoms with Crippen LogP contribution in [0.4, 0.5) is 5.69 Å². The van der Waals surface area contributed by atoms with Gasteiger partial charge < -0.3 is 16.4 Å². The first-order valence-corrected chi connectivity index (χ1v) is 6.29. The van der Waals surface area contributed by atoms with Gasteiger partial charge in [0.05, 0.1) is 6.04 Å². The third-order valence-corrected chi connectivity index (χ3v) is 2.58. The van der Waals surface area contributed by atoms with E-state index in [0.717, 1.165) is 5.56 Å². The second-order valence-electron chi connectivity index (χ2n) is 4.94. The normalized spacial score (nSPS) is 11.5. The number of carbonyl (C=O) groups excluding carboxylic acids is 2. The average molecular weight is 300 g/mol. The van der Waals surface area contributed by atoms with Gasteiger partial charge in [-0.1, -0.05) is 6.07 Å². The molecule has 2 amide bonds. The van der Waals surface area contributed by atoms with Crippen LogP contribution in [-0.4, -0.2) is 23.9 Å². The molecule has 0 bridgehead atoms.